The molecule has 1 unspecified atom stereocenters. The highest BCUT2D eigenvalue weighted by atomic mass is 35.5. The molecule has 1 aromatic heterocycles. The van der Waals surface area contributed by atoms with Crippen LogP contribution < -0.4 is 9.80 Å². The highest BCUT2D eigenvalue weighted by molar-refractivity contribution is 7.98. The zero-order valence-electron chi connectivity index (χ0n) is 11.5. The molecule has 0 saturated carbocycles. The summed E-state index contributed by atoms with van der Waals surface area (Å²) < 4.78 is 0. The third kappa shape index (κ3) is 3.88. The van der Waals surface area contributed by atoms with Crippen molar-refractivity contribution in [3.8, 4) is 0 Å². The molecular formula is C11H20ClN5S. The second-order valence-electron chi connectivity index (χ2n) is 4.23. The van der Waals surface area contributed by atoms with E-state index in [-0.39, 0.29) is 5.28 Å². The fraction of sp³-hybridized carbons (Fsp3) is 0.727. The molecule has 0 amide bonds. The first-order valence-corrected chi connectivity index (χ1v) is 7.57. The molecule has 0 N–H and O–H groups in total. The predicted molar refractivity (Wildman–Crippen MR) is 80.0 cm³/mol. The maximum absolute atomic E-state index is 5.94. The summed E-state index contributed by atoms with van der Waals surface area (Å²) >= 11 is 7.76. The van der Waals surface area contributed by atoms with Gasteiger partial charge < -0.3 is 9.80 Å². The molecule has 0 aliphatic rings. The van der Waals surface area contributed by atoms with E-state index >= 15 is 0 Å². The number of rotatable bonds is 6. The number of thioether (sulfide) groups is 1. The Morgan fingerprint density at radius 2 is 1.78 bits per heavy atom. The van der Waals surface area contributed by atoms with Gasteiger partial charge in [0, 0.05) is 32.9 Å². The van der Waals surface area contributed by atoms with E-state index in [0.717, 1.165) is 12.2 Å². The van der Waals surface area contributed by atoms with Gasteiger partial charge in [-0.15, -0.1) is 0 Å². The Hall–Kier alpha value is -0.750. The minimum Gasteiger partial charge on any atom is -0.347 e. The molecule has 0 spiro atoms. The van der Waals surface area contributed by atoms with Crippen molar-refractivity contribution in [1.82, 2.24) is 15.0 Å². The lowest BCUT2D eigenvalue weighted by Crippen LogP contribution is -2.35. The SMILES string of the molecule is CCC(CSC)N(C)c1nc(Cl)nc(N(C)C)n1. The molecule has 1 atom stereocenters. The number of hydrogen-bond acceptors (Lipinski definition) is 6. The molecule has 0 aliphatic heterocycles. The Labute approximate surface area is 118 Å². The fourth-order valence-corrected chi connectivity index (χ4v) is 2.54. The van der Waals surface area contributed by atoms with E-state index < -0.39 is 0 Å². The smallest absolute Gasteiger partial charge is 0.231 e. The van der Waals surface area contributed by atoms with E-state index in [9.17, 15) is 0 Å². The maximum Gasteiger partial charge on any atom is 0.231 e. The van der Waals surface area contributed by atoms with Gasteiger partial charge in [0.05, 0.1) is 0 Å². The molecule has 1 aromatic rings. The molecule has 0 saturated heterocycles. The Morgan fingerprint density at radius 1 is 1.17 bits per heavy atom. The van der Waals surface area contributed by atoms with Crippen LogP contribution in [-0.2, 0) is 0 Å². The van der Waals surface area contributed by atoms with E-state index in [1.54, 1.807) is 0 Å². The van der Waals surface area contributed by atoms with Crippen molar-refractivity contribution in [2.75, 3.05) is 43.0 Å². The van der Waals surface area contributed by atoms with Gasteiger partial charge in [0.15, 0.2) is 0 Å². The van der Waals surface area contributed by atoms with E-state index in [0.29, 0.717) is 17.9 Å². The third-order valence-corrected chi connectivity index (χ3v) is 3.57. The van der Waals surface area contributed by atoms with Gasteiger partial charge in [0.25, 0.3) is 0 Å². The highest BCUT2D eigenvalue weighted by Crippen LogP contribution is 2.18. The quantitative estimate of drug-likeness (QED) is 0.800. The Morgan fingerprint density at radius 3 is 2.28 bits per heavy atom. The van der Waals surface area contributed by atoms with E-state index in [4.69, 9.17) is 11.6 Å². The van der Waals surface area contributed by atoms with Gasteiger partial charge >= 0.3 is 0 Å². The number of hydrogen-bond donors (Lipinski definition) is 0. The lowest BCUT2D eigenvalue weighted by Gasteiger charge is -2.27. The second-order valence-corrected chi connectivity index (χ2v) is 5.48. The topological polar surface area (TPSA) is 45.2 Å². The van der Waals surface area contributed by atoms with E-state index in [1.807, 2.05) is 37.8 Å². The maximum atomic E-state index is 5.94. The van der Waals surface area contributed by atoms with Crippen LogP contribution in [0.4, 0.5) is 11.9 Å². The summed E-state index contributed by atoms with van der Waals surface area (Å²) in [4.78, 5) is 16.6. The van der Waals surface area contributed by atoms with Crippen molar-refractivity contribution in [1.29, 1.82) is 0 Å². The van der Waals surface area contributed by atoms with Crippen molar-refractivity contribution in [3.05, 3.63) is 5.28 Å². The monoisotopic (exact) mass is 289 g/mol. The second kappa shape index (κ2) is 6.99. The average Bonchev–Trinajstić information content (AvgIpc) is 2.34. The minimum absolute atomic E-state index is 0.231. The van der Waals surface area contributed by atoms with Crippen LogP contribution >= 0.6 is 23.4 Å². The summed E-state index contributed by atoms with van der Waals surface area (Å²) in [6.07, 6.45) is 3.14. The van der Waals surface area contributed by atoms with Gasteiger partial charge in [-0.1, -0.05) is 6.92 Å². The molecule has 18 heavy (non-hydrogen) atoms. The number of nitrogens with zero attached hydrogens (tertiary/aromatic N) is 5. The zero-order chi connectivity index (χ0) is 13.7. The molecule has 102 valence electrons. The molecule has 0 fully saturated rings. The van der Waals surface area contributed by atoms with Crippen LogP contribution in [0.2, 0.25) is 5.28 Å². The molecule has 1 rings (SSSR count). The van der Waals surface area contributed by atoms with Crippen molar-refractivity contribution < 1.29 is 0 Å². The number of anilines is 2. The summed E-state index contributed by atoms with van der Waals surface area (Å²) in [7, 11) is 5.76. The van der Waals surface area contributed by atoms with Crippen LogP contribution in [0.5, 0.6) is 0 Å². The Balaban J connectivity index is 3.00. The summed E-state index contributed by atoms with van der Waals surface area (Å²) in [6.45, 7) is 2.16. The normalized spacial score (nSPS) is 12.3. The number of halogens is 1. The molecule has 1 heterocycles. The standard InChI is InChI=1S/C11H20ClN5S/c1-6-8(7-18-5)17(4)11-14-9(12)13-10(15-11)16(2)3/h8H,6-7H2,1-5H3. The first-order chi connectivity index (χ1) is 8.49. The predicted octanol–water partition coefficient (Wildman–Crippen LogP) is 2.17. The summed E-state index contributed by atoms with van der Waals surface area (Å²) in [6, 6.07) is 0.397. The van der Waals surface area contributed by atoms with Crippen molar-refractivity contribution >= 4 is 35.3 Å². The van der Waals surface area contributed by atoms with Crippen LogP contribution in [0.15, 0.2) is 0 Å². The molecule has 5 nitrogen and oxygen atoms in total. The summed E-state index contributed by atoms with van der Waals surface area (Å²) in [5.74, 6) is 2.24. The molecule has 0 bridgehead atoms. The first-order valence-electron chi connectivity index (χ1n) is 5.80. The zero-order valence-corrected chi connectivity index (χ0v) is 13.1. The first kappa shape index (κ1) is 15.3. The molecule has 7 heteroatoms. The molecule has 0 aromatic carbocycles. The van der Waals surface area contributed by atoms with Gasteiger partial charge in [0.1, 0.15) is 0 Å². The minimum atomic E-state index is 0.231. The van der Waals surface area contributed by atoms with Crippen LogP contribution in [0.3, 0.4) is 0 Å². The van der Waals surface area contributed by atoms with E-state index in [2.05, 4.69) is 33.0 Å². The van der Waals surface area contributed by atoms with Gasteiger partial charge in [0.2, 0.25) is 17.2 Å². The number of aromatic nitrogens is 3. The van der Waals surface area contributed by atoms with Gasteiger partial charge in [-0.25, -0.2) is 0 Å². The summed E-state index contributed by atoms with van der Waals surface area (Å²) in [5, 5.41) is 0.231. The Kier molecular flexibility index (Phi) is 5.95. The van der Waals surface area contributed by atoms with Crippen LogP contribution in [0.25, 0.3) is 0 Å². The highest BCUT2D eigenvalue weighted by Gasteiger charge is 2.17. The largest absolute Gasteiger partial charge is 0.347 e. The van der Waals surface area contributed by atoms with Crippen LogP contribution in [0.1, 0.15) is 13.3 Å². The molecule has 0 aliphatic carbocycles. The van der Waals surface area contributed by atoms with Crippen molar-refractivity contribution in [3.63, 3.8) is 0 Å². The summed E-state index contributed by atoms with van der Waals surface area (Å²) in [5.41, 5.74) is 0. The lowest BCUT2D eigenvalue weighted by atomic mass is 10.2. The van der Waals surface area contributed by atoms with Gasteiger partial charge in [-0.05, 0) is 24.3 Å². The van der Waals surface area contributed by atoms with Crippen LogP contribution in [-0.4, -0.2) is 54.1 Å². The van der Waals surface area contributed by atoms with Crippen molar-refractivity contribution in [2.45, 2.75) is 19.4 Å². The van der Waals surface area contributed by atoms with E-state index in [1.165, 1.54) is 0 Å². The van der Waals surface area contributed by atoms with Crippen LogP contribution in [0, 0.1) is 0 Å². The van der Waals surface area contributed by atoms with Crippen molar-refractivity contribution in [2.24, 2.45) is 0 Å². The average molecular weight is 290 g/mol. The van der Waals surface area contributed by atoms with Gasteiger partial charge in [-0.2, -0.15) is 26.7 Å². The third-order valence-electron chi connectivity index (χ3n) is 2.68. The molecular weight excluding hydrogens is 270 g/mol. The lowest BCUT2D eigenvalue weighted by molar-refractivity contribution is 0.655. The van der Waals surface area contributed by atoms with Gasteiger partial charge in [-0.3, -0.25) is 0 Å². The Bertz CT molecular complexity index is 388. The molecule has 0 radical (unpaired) electrons. The fourth-order valence-electron chi connectivity index (χ4n) is 1.55.